The molecule has 0 saturated carbocycles. The Morgan fingerprint density at radius 3 is 2.97 bits per heavy atom. The maximum absolute atomic E-state index is 12.5. The number of benzene rings is 2. The largest absolute Gasteiger partial charge is 0.487 e. The number of thioether (sulfide) groups is 1. The van der Waals surface area contributed by atoms with Crippen molar-refractivity contribution in [3.8, 4) is 17.2 Å². The number of carbonyl (C=O) groups is 1. The van der Waals surface area contributed by atoms with Crippen molar-refractivity contribution >= 4 is 39.8 Å². The molecule has 0 radical (unpaired) electrons. The molecule has 0 unspecified atom stereocenters. The summed E-state index contributed by atoms with van der Waals surface area (Å²) in [6.45, 7) is 2.39. The predicted octanol–water partition coefficient (Wildman–Crippen LogP) is 3.42. The monoisotopic (exact) mass is 420 g/mol. The number of aliphatic imine (C=N–C) groups is 1. The fourth-order valence-electron chi connectivity index (χ4n) is 3.11. The van der Waals surface area contributed by atoms with Crippen LogP contribution in [-0.2, 0) is 4.79 Å². The van der Waals surface area contributed by atoms with Crippen LogP contribution in [0.2, 0.25) is 0 Å². The molecule has 0 aromatic heterocycles. The first-order chi connectivity index (χ1) is 14.6. The van der Waals surface area contributed by atoms with E-state index in [-0.39, 0.29) is 24.8 Å². The van der Waals surface area contributed by atoms with E-state index in [4.69, 9.17) is 19.6 Å². The van der Waals surface area contributed by atoms with Crippen molar-refractivity contribution in [2.45, 2.75) is 6.92 Å². The van der Waals surface area contributed by atoms with Crippen LogP contribution in [-0.4, -0.2) is 40.4 Å². The van der Waals surface area contributed by atoms with Crippen LogP contribution in [0.5, 0.6) is 17.2 Å². The first-order valence-electron chi connectivity index (χ1n) is 9.15. The van der Waals surface area contributed by atoms with E-state index in [1.807, 2.05) is 31.2 Å². The molecule has 0 spiro atoms. The maximum atomic E-state index is 12.5. The Hall–Kier alpha value is -3.59. The minimum Gasteiger partial charge on any atom is -0.487 e. The Morgan fingerprint density at radius 2 is 2.10 bits per heavy atom. The van der Waals surface area contributed by atoms with E-state index in [0.29, 0.717) is 27.3 Å². The van der Waals surface area contributed by atoms with E-state index in [0.717, 1.165) is 11.3 Å². The van der Waals surface area contributed by atoms with Crippen molar-refractivity contribution in [2.75, 3.05) is 13.4 Å². The van der Waals surface area contributed by atoms with Crippen LogP contribution < -0.4 is 14.2 Å². The molecule has 3 aliphatic rings. The summed E-state index contributed by atoms with van der Waals surface area (Å²) in [6, 6.07) is 13.0. The van der Waals surface area contributed by atoms with Gasteiger partial charge in [0.05, 0.1) is 5.57 Å². The van der Waals surface area contributed by atoms with Crippen LogP contribution in [0.3, 0.4) is 0 Å². The highest BCUT2D eigenvalue weighted by Crippen LogP contribution is 2.34. The van der Waals surface area contributed by atoms with Gasteiger partial charge >= 0.3 is 0 Å². The highest BCUT2D eigenvalue weighted by Gasteiger charge is 2.35. The van der Waals surface area contributed by atoms with Crippen molar-refractivity contribution in [3.63, 3.8) is 0 Å². The minimum absolute atomic E-state index is 0.0271. The zero-order valence-corrected chi connectivity index (χ0v) is 16.7. The number of nitrogens with one attached hydrogen (secondary N) is 1. The number of hydrogen-bond donors (Lipinski definition) is 1. The van der Waals surface area contributed by atoms with Crippen molar-refractivity contribution in [1.29, 1.82) is 5.41 Å². The van der Waals surface area contributed by atoms with E-state index >= 15 is 0 Å². The van der Waals surface area contributed by atoms with E-state index in [1.54, 1.807) is 24.3 Å². The third-order valence-corrected chi connectivity index (χ3v) is 5.44. The summed E-state index contributed by atoms with van der Waals surface area (Å²) in [4.78, 5) is 16.6. The van der Waals surface area contributed by atoms with E-state index in [9.17, 15) is 4.79 Å². The third kappa shape index (κ3) is 3.43. The van der Waals surface area contributed by atoms with Crippen LogP contribution in [0.1, 0.15) is 11.1 Å². The fourth-order valence-corrected chi connectivity index (χ4v) is 3.91. The van der Waals surface area contributed by atoms with Gasteiger partial charge in [-0.05, 0) is 60.2 Å². The zero-order valence-electron chi connectivity index (χ0n) is 15.9. The lowest BCUT2D eigenvalue weighted by Crippen LogP contribution is -2.35. The van der Waals surface area contributed by atoms with E-state index < -0.39 is 5.91 Å². The minimum atomic E-state index is -0.479. The first kappa shape index (κ1) is 18.4. The van der Waals surface area contributed by atoms with Crippen molar-refractivity contribution < 1.29 is 19.0 Å². The number of aryl methyl sites for hydroxylation is 1. The van der Waals surface area contributed by atoms with Crippen LogP contribution >= 0.6 is 11.8 Å². The molecular formula is C21H16N4O4S. The number of amidine groups is 2. The Kier molecular flexibility index (Phi) is 4.51. The Balaban J connectivity index is 1.35. The molecule has 3 heterocycles. The van der Waals surface area contributed by atoms with Crippen molar-refractivity contribution in [3.05, 3.63) is 59.2 Å². The summed E-state index contributed by atoms with van der Waals surface area (Å²) in [7, 11) is 0. The average molecular weight is 420 g/mol. The molecular weight excluding hydrogens is 404 g/mol. The van der Waals surface area contributed by atoms with Crippen LogP contribution in [0.25, 0.3) is 6.08 Å². The second kappa shape index (κ2) is 7.34. The van der Waals surface area contributed by atoms with Gasteiger partial charge in [0.2, 0.25) is 12.0 Å². The molecule has 1 N–H and O–H groups in total. The molecule has 3 aliphatic heterocycles. The van der Waals surface area contributed by atoms with Gasteiger partial charge in [0.1, 0.15) is 17.4 Å². The SMILES string of the molecule is Cc1cccc(OCC2=NN3C(=N)/C(=C/c4ccc5c(c4)OCO5)C(=O)N=C3S2)c1. The molecule has 0 aliphatic carbocycles. The van der Waals surface area contributed by atoms with E-state index in [2.05, 4.69) is 10.1 Å². The normalized spacial score (nSPS) is 18.4. The van der Waals surface area contributed by atoms with Crippen molar-refractivity contribution in [2.24, 2.45) is 10.1 Å². The lowest BCUT2D eigenvalue weighted by Gasteiger charge is -2.20. The molecule has 150 valence electrons. The topological polar surface area (TPSA) is 96.6 Å². The molecule has 0 fully saturated rings. The molecule has 30 heavy (non-hydrogen) atoms. The first-order valence-corrected chi connectivity index (χ1v) is 9.97. The number of rotatable bonds is 4. The van der Waals surface area contributed by atoms with Crippen molar-refractivity contribution in [1.82, 2.24) is 5.01 Å². The summed E-state index contributed by atoms with van der Waals surface area (Å²) < 4.78 is 16.4. The molecule has 2 aromatic rings. The second-order valence-electron chi connectivity index (χ2n) is 6.73. The number of amides is 1. The molecule has 0 saturated heterocycles. The van der Waals surface area contributed by atoms with Crippen LogP contribution in [0.15, 0.2) is 58.1 Å². The summed E-state index contributed by atoms with van der Waals surface area (Å²) >= 11 is 1.23. The molecule has 9 heteroatoms. The average Bonchev–Trinajstić information content (AvgIpc) is 3.36. The lowest BCUT2D eigenvalue weighted by molar-refractivity contribution is -0.114. The van der Waals surface area contributed by atoms with Gasteiger partial charge in [-0.15, -0.1) is 0 Å². The maximum Gasteiger partial charge on any atom is 0.283 e. The van der Waals surface area contributed by atoms with Crippen LogP contribution in [0.4, 0.5) is 0 Å². The number of hydrazone groups is 1. The van der Waals surface area contributed by atoms with E-state index in [1.165, 1.54) is 16.8 Å². The molecule has 5 rings (SSSR count). The van der Waals surface area contributed by atoms with Gasteiger partial charge in [-0.25, -0.2) is 0 Å². The number of nitrogens with zero attached hydrogens (tertiary/aromatic N) is 3. The summed E-state index contributed by atoms with van der Waals surface area (Å²) in [5, 5.41) is 15.2. The number of ether oxygens (including phenoxy) is 3. The molecule has 0 bridgehead atoms. The quantitative estimate of drug-likeness (QED) is 0.762. The zero-order chi connectivity index (χ0) is 20.7. The lowest BCUT2D eigenvalue weighted by atomic mass is 10.1. The van der Waals surface area contributed by atoms with Gasteiger partial charge in [-0.3, -0.25) is 10.2 Å². The number of carbonyl (C=O) groups excluding carboxylic acids is 1. The standard InChI is InChI=1S/C21H16N4O4S/c1-12-3-2-4-14(7-12)27-10-18-24-25-19(22)15(20(26)23-21(25)30-18)8-13-5-6-16-17(9-13)29-11-28-16/h2-9,22H,10-11H2,1H3/b15-8-,22-19?. The van der Waals surface area contributed by atoms with Gasteiger partial charge in [-0.1, -0.05) is 18.2 Å². The second-order valence-corrected chi connectivity index (χ2v) is 7.77. The van der Waals surface area contributed by atoms with Crippen LogP contribution in [0, 0.1) is 12.3 Å². The molecule has 1 amide bonds. The Bertz CT molecular complexity index is 1170. The van der Waals surface area contributed by atoms with Gasteiger partial charge < -0.3 is 14.2 Å². The molecule has 2 aromatic carbocycles. The van der Waals surface area contributed by atoms with Gasteiger partial charge in [0.25, 0.3) is 5.91 Å². The number of hydrogen-bond acceptors (Lipinski definition) is 7. The number of fused-ring (bicyclic) bond motifs is 2. The Morgan fingerprint density at radius 1 is 1.23 bits per heavy atom. The van der Waals surface area contributed by atoms with Gasteiger partial charge in [-0.2, -0.15) is 15.1 Å². The Labute approximate surface area is 176 Å². The molecule has 8 nitrogen and oxygen atoms in total. The third-order valence-electron chi connectivity index (χ3n) is 4.56. The highest BCUT2D eigenvalue weighted by molar-refractivity contribution is 8.27. The van der Waals surface area contributed by atoms with Gasteiger partial charge in [0.15, 0.2) is 17.3 Å². The molecule has 0 atom stereocenters. The summed E-state index contributed by atoms with van der Waals surface area (Å²) in [5.41, 5.74) is 1.97. The smallest absolute Gasteiger partial charge is 0.283 e. The predicted molar refractivity (Wildman–Crippen MR) is 114 cm³/mol. The van der Waals surface area contributed by atoms with Gasteiger partial charge in [0, 0.05) is 0 Å². The summed E-state index contributed by atoms with van der Waals surface area (Å²) in [6.07, 6.45) is 1.61. The summed E-state index contributed by atoms with van der Waals surface area (Å²) in [5.74, 6) is 1.49. The fraction of sp³-hybridized carbons (Fsp3) is 0.143. The highest BCUT2D eigenvalue weighted by atomic mass is 32.2.